The van der Waals surface area contributed by atoms with Gasteiger partial charge in [0.1, 0.15) is 0 Å². The average molecular weight is 293 g/mol. The van der Waals surface area contributed by atoms with Gasteiger partial charge in [0, 0.05) is 28.7 Å². The number of nitrogens with zero attached hydrogens (tertiary/aromatic N) is 1. The van der Waals surface area contributed by atoms with Gasteiger partial charge in [0.05, 0.1) is 6.61 Å². The van der Waals surface area contributed by atoms with Crippen LogP contribution in [0.15, 0.2) is 22.7 Å². The summed E-state index contributed by atoms with van der Waals surface area (Å²) in [4.78, 5) is 13.2. The Morgan fingerprint density at radius 1 is 1.53 bits per heavy atom. The van der Waals surface area contributed by atoms with Crippen LogP contribution in [0, 0.1) is 0 Å². The van der Waals surface area contributed by atoms with Gasteiger partial charge >= 0.3 is 0 Å². The van der Waals surface area contributed by atoms with Crippen LogP contribution in [-0.4, -0.2) is 36.1 Å². The SMILES string of the molecule is CN(CCO)C(=O)c1cc(Cl)cc(Br)c1. The second-order valence-corrected chi connectivity index (χ2v) is 4.46. The maximum Gasteiger partial charge on any atom is 0.253 e. The molecule has 3 nitrogen and oxygen atoms in total. The number of rotatable bonds is 3. The number of halogens is 2. The van der Waals surface area contributed by atoms with Crippen LogP contribution in [0.4, 0.5) is 0 Å². The van der Waals surface area contributed by atoms with E-state index >= 15 is 0 Å². The number of aliphatic hydroxyl groups is 1. The summed E-state index contributed by atoms with van der Waals surface area (Å²) in [5.74, 6) is -0.160. The first-order valence-electron chi connectivity index (χ1n) is 4.37. The van der Waals surface area contributed by atoms with Crippen LogP contribution in [0.1, 0.15) is 10.4 Å². The van der Waals surface area contributed by atoms with Crippen molar-refractivity contribution in [2.24, 2.45) is 0 Å². The maximum absolute atomic E-state index is 11.8. The normalized spacial score (nSPS) is 10.1. The zero-order chi connectivity index (χ0) is 11.4. The van der Waals surface area contributed by atoms with E-state index in [1.807, 2.05) is 0 Å². The van der Waals surface area contributed by atoms with Crippen molar-refractivity contribution in [2.75, 3.05) is 20.2 Å². The van der Waals surface area contributed by atoms with Crippen LogP contribution < -0.4 is 0 Å². The number of likely N-dealkylation sites (N-methyl/N-ethyl adjacent to an activating group) is 1. The van der Waals surface area contributed by atoms with Crippen molar-refractivity contribution in [2.45, 2.75) is 0 Å². The third-order valence-electron chi connectivity index (χ3n) is 1.89. The molecule has 82 valence electrons. The second kappa shape index (κ2) is 5.49. The lowest BCUT2D eigenvalue weighted by atomic mass is 10.2. The smallest absolute Gasteiger partial charge is 0.253 e. The molecule has 0 aliphatic heterocycles. The van der Waals surface area contributed by atoms with Crippen molar-refractivity contribution in [3.05, 3.63) is 33.3 Å². The summed E-state index contributed by atoms with van der Waals surface area (Å²) in [6, 6.07) is 5.01. The minimum Gasteiger partial charge on any atom is -0.395 e. The van der Waals surface area contributed by atoms with Crippen molar-refractivity contribution in [3.63, 3.8) is 0 Å². The molecule has 1 N–H and O–H groups in total. The third-order valence-corrected chi connectivity index (χ3v) is 2.57. The molecule has 0 radical (unpaired) electrons. The van der Waals surface area contributed by atoms with E-state index in [9.17, 15) is 4.79 Å². The Balaban J connectivity index is 2.90. The molecule has 0 aromatic heterocycles. The Kier molecular flexibility index (Phi) is 4.57. The predicted octanol–water partition coefficient (Wildman–Crippen LogP) is 2.17. The van der Waals surface area contributed by atoms with E-state index in [-0.39, 0.29) is 12.5 Å². The zero-order valence-electron chi connectivity index (χ0n) is 8.20. The molecule has 0 aliphatic rings. The van der Waals surface area contributed by atoms with Gasteiger partial charge in [-0.2, -0.15) is 0 Å². The van der Waals surface area contributed by atoms with Crippen LogP contribution >= 0.6 is 27.5 Å². The summed E-state index contributed by atoms with van der Waals surface area (Å²) in [7, 11) is 1.63. The molecule has 5 heteroatoms. The van der Waals surface area contributed by atoms with Crippen molar-refractivity contribution in [1.82, 2.24) is 4.90 Å². The van der Waals surface area contributed by atoms with Gasteiger partial charge in [-0.05, 0) is 18.2 Å². The summed E-state index contributed by atoms with van der Waals surface area (Å²) in [5, 5.41) is 9.22. The number of hydrogen-bond donors (Lipinski definition) is 1. The van der Waals surface area contributed by atoms with Crippen molar-refractivity contribution in [3.8, 4) is 0 Å². The Morgan fingerprint density at radius 2 is 2.20 bits per heavy atom. The molecule has 15 heavy (non-hydrogen) atoms. The summed E-state index contributed by atoms with van der Waals surface area (Å²) < 4.78 is 0.760. The van der Waals surface area contributed by atoms with Crippen LogP contribution in [0.25, 0.3) is 0 Å². The number of carbonyl (C=O) groups is 1. The Hall–Kier alpha value is -0.580. The number of amides is 1. The summed E-state index contributed by atoms with van der Waals surface area (Å²) in [6.45, 7) is 0.257. The topological polar surface area (TPSA) is 40.5 Å². The van der Waals surface area contributed by atoms with Crippen molar-refractivity contribution in [1.29, 1.82) is 0 Å². The van der Waals surface area contributed by atoms with E-state index in [1.165, 1.54) is 4.90 Å². The van der Waals surface area contributed by atoms with E-state index in [4.69, 9.17) is 16.7 Å². The largest absolute Gasteiger partial charge is 0.395 e. The highest BCUT2D eigenvalue weighted by Gasteiger charge is 2.12. The molecule has 0 atom stereocenters. The highest BCUT2D eigenvalue weighted by Crippen LogP contribution is 2.20. The molecule has 0 heterocycles. The molecule has 0 unspecified atom stereocenters. The van der Waals surface area contributed by atoms with Gasteiger partial charge in [-0.25, -0.2) is 0 Å². The van der Waals surface area contributed by atoms with Crippen molar-refractivity contribution < 1.29 is 9.90 Å². The molecule has 1 rings (SSSR count). The lowest BCUT2D eigenvalue weighted by Gasteiger charge is -2.15. The molecule has 0 saturated heterocycles. The van der Waals surface area contributed by atoms with E-state index < -0.39 is 0 Å². The number of hydrogen-bond acceptors (Lipinski definition) is 2. The second-order valence-electron chi connectivity index (χ2n) is 3.11. The summed E-state index contributed by atoms with van der Waals surface area (Å²) in [6.07, 6.45) is 0. The fourth-order valence-corrected chi connectivity index (χ4v) is 2.01. The fourth-order valence-electron chi connectivity index (χ4n) is 1.15. The molecular formula is C10H11BrClNO2. The fraction of sp³-hybridized carbons (Fsp3) is 0.300. The summed E-state index contributed by atoms with van der Waals surface area (Å²) >= 11 is 9.09. The van der Waals surface area contributed by atoms with Gasteiger partial charge in [0.25, 0.3) is 5.91 Å². The van der Waals surface area contributed by atoms with E-state index in [2.05, 4.69) is 15.9 Å². The molecule has 0 spiro atoms. The first-order valence-corrected chi connectivity index (χ1v) is 5.54. The van der Waals surface area contributed by atoms with E-state index in [0.29, 0.717) is 17.1 Å². The maximum atomic E-state index is 11.8. The molecule has 0 aliphatic carbocycles. The quantitative estimate of drug-likeness (QED) is 0.927. The van der Waals surface area contributed by atoms with E-state index in [1.54, 1.807) is 25.2 Å². The molecule has 1 aromatic rings. The number of benzene rings is 1. The minimum absolute atomic E-state index is 0.0516. The molecule has 0 bridgehead atoms. The highest BCUT2D eigenvalue weighted by atomic mass is 79.9. The molecule has 0 saturated carbocycles. The number of aliphatic hydroxyl groups excluding tert-OH is 1. The Labute approximate surface area is 102 Å². The van der Waals surface area contributed by atoms with Crippen LogP contribution in [0.3, 0.4) is 0 Å². The van der Waals surface area contributed by atoms with Crippen molar-refractivity contribution >= 4 is 33.4 Å². The van der Waals surface area contributed by atoms with Gasteiger partial charge < -0.3 is 10.0 Å². The Bertz CT molecular complexity index is 350. The van der Waals surface area contributed by atoms with Gasteiger partial charge in [0.15, 0.2) is 0 Å². The highest BCUT2D eigenvalue weighted by molar-refractivity contribution is 9.10. The van der Waals surface area contributed by atoms with Crippen LogP contribution in [0.2, 0.25) is 5.02 Å². The van der Waals surface area contributed by atoms with Gasteiger partial charge in [-0.1, -0.05) is 27.5 Å². The molecular weight excluding hydrogens is 281 g/mol. The van der Waals surface area contributed by atoms with Gasteiger partial charge in [-0.15, -0.1) is 0 Å². The monoisotopic (exact) mass is 291 g/mol. The van der Waals surface area contributed by atoms with Crippen LogP contribution in [-0.2, 0) is 0 Å². The van der Waals surface area contributed by atoms with E-state index in [0.717, 1.165) is 4.47 Å². The van der Waals surface area contributed by atoms with Gasteiger partial charge in [-0.3, -0.25) is 4.79 Å². The molecule has 1 aromatic carbocycles. The zero-order valence-corrected chi connectivity index (χ0v) is 10.5. The molecule has 0 fully saturated rings. The minimum atomic E-state index is -0.160. The summed E-state index contributed by atoms with van der Waals surface area (Å²) in [5.41, 5.74) is 0.505. The van der Waals surface area contributed by atoms with Crippen LogP contribution in [0.5, 0.6) is 0 Å². The Morgan fingerprint density at radius 3 is 2.73 bits per heavy atom. The molecule has 1 amide bonds. The lowest BCUT2D eigenvalue weighted by Crippen LogP contribution is -2.29. The lowest BCUT2D eigenvalue weighted by molar-refractivity contribution is 0.0767. The van der Waals surface area contributed by atoms with Gasteiger partial charge in [0.2, 0.25) is 0 Å². The standard InChI is InChI=1S/C10H11BrClNO2/c1-13(2-3-14)10(15)7-4-8(11)6-9(12)5-7/h4-6,14H,2-3H2,1H3. The third kappa shape index (κ3) is 3.48. The average Bonchev–Trinajstić information content (AvgIpc) is 2.15. The predicted molar refractivity (Wildman–Crippen MR) is 63.2 cm³/mol. The first kappa shape index (κ1) is 12.5. The first-order chi connectivity index (χ1) is 7.04. The number of carbonyl (C=O) groups excluding carboxylic acids is 1.